The molecule has 1 amide bonds. The number of likely N-dealkylation sites (tertiary alicyclic amines) is 2. The number of carbonyl (C=O) groups excluding carboxylic acids is 1. The highest BCUT2D eigenvalue weighted by atomic mass is 19.3. The van der Waals surface area contributed by atoms with Crippen LogP contribution in [0.1, 0.15) is 44.2 Å². The van der Waals surface area contributed by atoms with Gasteiger partial charge >= 0.3 is 0 Å². The highest BCUT2D eigenvalue weighted by molar-refractivity contribution is 5.74. The highest BCUT2D eigenvalue weighted by Crippen LogP contribution is 2.46. The molecule has 3 fully saturated rings. The molecule has 2 saturated heterocycles. The molecular weight excluding hydrogens is 362 g/mol. The van der Waals surface area contributed by atoms with E-state index in [9.17, 15) is 13.6 Å². The summed E-state index contributed by atoms with van der Waals surface area (Å²) in [5.41, 5.74) is 1.16. The monoisotopic (exact) mass is 392 g/mol. The van der Waals surface area contributed by atoms with Gasteiger partial charge < -0.3 is 14.5 Å². The lowest BCUT2D eigenvalue weighted by atomic mass is 9.86. The Labute approximate surface area is 165 Å². The molecule has 4 rings (SSSR count). The summed E-state index contributed by atoms with van der Waals surface area (Å²) in [6.45, 7) is 5.26. The van der Waals surface area contributed by atoms with Crippen LogP contribution in [0.5, 0.6) is 5.75 Å². The standard InChI is InChI=1S/C22H30F2N2O2/c1-15(27)26-13-18-12-25(11-16-7-9-22(23,24)10-8-16)14-20(18)21(26)17-3-5-19(28-2)6-4-17/h3-6,16,18,20-21H,7-14H2,1-2H3/t18-,20-,21+/m1/s1. The van der Waals surface area contributed by atoms with E-state index >= 15 is 0 Å². The zero-order valence-electron chi connectivity index (χ0n) is 16.7. The molecule has 1 saturated carbocycles. The average Bonchev–Trinajstić information content (AvgIpc) is 3.21. The third-order valence-electron chi connectivity index (χ3n) is 6.95. The Hall–Kier alpha value is -1.69. The van der Waals surface area contributed by atoms with Gasteiger partial charge in [-0.15, -0.1) is 0 Å². The number of rotatable bonds is 4. The minimum Gasteiger partial charge on any atom is -0.497 e. The molecule has 0 bridgehead atoms. The number of hydrogen-bond donors (Lipinski definition) is 0. The minimum atomic E-state index is -2.46. The lowest BCUT2D eigenvalue weighted by molar-refractivity contribution is -0.130. The smallest absolute Gasteiger partial charge is 0.248 e. The number of fused-ring (bicyclic) bond motifs is 1. The van der Waals surface area contributed by atoms with Gasteiger partial charge in [0, 0.05) is 51.9 Å². The molecule has 154 valence electrons. The fourth-order valence-electron chi connectivity index (χ4n) is 5.49. The van der Waals surface area contributed by atoms with E-state index < -0.39 is 5.92 Å². The lowest BCUT2D eigenvalue weighted by Crippen LogP contribution is -2.37. The van der Waals surface area contributed by atoms with Gasteiger partial charge in [-0.2, -0.15) is 0 Å². The van der Waals surface area contributed by atoms with Crippen molar-refractivity contribution in [2.24, 2.45) is 17.8 Å². The second kappa shape index (κ2) is 7.62. The molecule has 1 aromatic rings. The quantitative estimate of drug-likeness (QED) is 0.777. The second-order valence-electron chi connectivity index (χ2n) is 8.83. The van der Waals surface area contributed by atoms with Crippen molar-refractivity contribution in [1.29, 1.82) is 0 Å². The number of amides is 1. The molecule has 0 radical (unpaired) electrons. The van der Waals surface area contributed by atoms with Gasteiger partial charge in [0.2, 0.25) is 11.8 Å². The minimum absolute atomic E-state index is 0.0327. The zero-order chi connectivity index (χ0) is 19.9. The Balaban J connectivity index is 1.44. The summed E-state index contributed by atoms with van der Waals surface area (Å²) in [6.07, 6.45) is 1.32. The fraction of sp³-hybridized carbons (Fsp3) is 0.682. The average molecular weight is 392 g/mol. The molecule has 3 aliphatic rings. The van der Waals surface area contributed by atoms with Crippen molar-refractivity contribution in [3.63, 3.8) is 0 Å². The van der Waals surface area contributed by atoms with Crippen LogP contribution in [0.15, 0.2) is 24.3 Å². The molecule has 0 aromatic heterocycles. The maximum atomic E-state index is 13.4. The summed E-state index contributed by atoms with van der Waals surface area (Å²) in [5.74, 6) is -0.282. The predicted octanol–water partition coefficient (Wildman–Crippen LogP) is 3.97. The number of ether oxygens (including phenoxy) is 1. The van der Waals surface area contributed by atoms with Gasteiger partial charge in [-0.1, -0.05) is 12.1 Å². The van der Waals surface area contributed by atoms with Crippen molar-refractivity contribution < 1.29 is 18.3 Å². The number of halogens is 2. The summed E-state index contributed by atoms with van der Waals surface area (Å²) in [4.78, 5) is 16.7. The van der Waals surface area contributed by atoms with Gasteiger partial charge in [0.1, 0.15) is 5.75 Å². The third kappa shape index (κ3) is 3.88. The summed E-state index contributed by atoms with van der Waals surface area (Å²) in [5, 5.41) is 0. The van der Waals surface area contributed by atoms with E-state index in [4.69, 9.17) is 4.74 Å². The molecule has 4 nitrogen and oxygen atoms in total. The van der Waals surface area contributed by atoms with Gasteiger partial charge in [0.05, 0.1) is 13.2 Å². The van der Waals surface area contributed by atoms with Crippen LogP contribution >= 0.6 is 0 Å². The number of nitrogens with zero attached hydrogens (tertiary/aromatic N) is 2. The van der Waals surface area contributed by atoms with Crippen LogP contribution in [0.2, 0.25) is 0 Å². The Kier molecular flexibility index (Phi) is 5.34. The highest BCUT2D eigenvalue weighted by Gasteiger charge is 2.48. The largest absolute Gasteiger partial charge is 0.497 e. The van der Waals surface area contributed by atoms with E-state index in [1.165, 1.54) is 0 Å². The third-order valence-corrected chi connectivity index (χ3v) is 6.95. The van der Waals surface area contributed by atoms with Crippen molar-refractivity contribution in [3.05, 3.63) is 29.8 Å². The molecule has 0 spiro atoms. The number of hydrogen-bond acceptors (Lipinski definition) is 3. The SMILES string of the molecule is COc1ccc([C@H]2[C@@H]3CN(CC4CCC(F)(F)CC4)C[C@@H]3CN2C(C)=O)cc1. The summed E-state index contributed by atoms with van der Waals surface area (Å²) in [7, 11) is 1.65. The lowest BCUT2D eigenvalue weighted by Gasteiger charge is -2.33. The molecule has 28 heavy (non-hydrogen) atoms. The molecule has 1 aliphatic carbocycles. The number of benzene rings is 1. The van der Waals surface area contributed by atoms with Crippen LogP contribution in [-0.4, -0.2) is 54.9 Å². The first-order chi connectivity index (χ1) is 13.4. The van der Waals surface area contributed by atoms with Crippen molar-refractivity contribution in [2.45, 2.75) is 44.6 Å². The number of alkyl halides is 2. The predicted molar refractivity (Wildman–Crippen MR) is 103 cm³/mol. The van der Waals surface area contributed by atoms with Gasteiger partial charge in [-0.25, -0.2) is 8.78 Å². The molecule has 3 atom stereocenters. The molecule has 1 aromatic carbocycles. The Morgan fingerprint density at radius 3 is 2.43 bits per heavy atom. The first-order valence-corrected chi connectivity index (χ1v) is 10.4. The molecule has 6 heteroatoms. The topological polar surface area (TPSA) is 32.8 Å². The molecule has 2 heterocycles. The summed E-state index contributed by atoms with van der Waals surface area (Å²) in [6, 6.07) is 8.13. The van der Waals surface area contributed by atoms with Crippen LogP contribution in [0.25, 0.3) is 0 Å². The maximum absolute atomic E-state index is 13.4. The Morgan fingerprint density at radius 2 is 1.82 bits per heavy atom. The van der Waals surface area contributed by atoms with Crippen LogP contribution < -0.4 is 4.74 Å². The van der Waals surface area contributed by atoms with Crippen molar-refractivity contribution >= 4 is 5.91 Å². The zero-order valence-corrected chi connectivity index (χ0v) is 16.7. The van der Waals surface area contributed by atoms with E-state index in [2.05, 4.69) is 17.0 Å². The van der Waals surface area contributed by atoms with Crippen molar-refractivity contribution in [1.82, 2.24) is 9.80 Å². The van der Waals surface area contributed by atoms with Gasteiger partial charge in [0.25, 0.3) is 0 Å². The van der Waals surface area contributed by atoms with Crippen molar-refractivity contribution in [2.75, 3.05) is 33.3 Å². The normalized spacial score (nSPS) is 30.4. The molecule has 2 aliphatic heterocycles. The first-order valence-electron chi connectivity index (χ1n) is 10.4. The van der Waals surface area contributed by atoms with E-state index in [1.807, 2.05) is 17.0 Å². The summed E-state index contributed by atoms with van der Waals surface area (Å²) < 4.78 is 32.1. The van der Waals surface area contributed by atoms with Crippen LogP contribution in [0.3, 0.4) is 0 Å². The number of carbonyl (C=O) groups is 1. The van der Waals surface area contributed by atoms with E-state index in [-0.39, 0.29) is 24.8 Å². The van der Waals surface area contributed by atoms with Crippen LogP contribution in [0.4, 0.5) is 8.78 Å². The van der Waals surface area contributed by atoms with Gasteiger partial charge in [-0.3, -0.25) is 4.79 Å². The molecular formula is C22H30F2N2O2. The second-order valence-corrected chi connectivity index (χ2v) is 8.83. The first kappa shape index (κ1) is 19.6. The fourth-order valence-corrected chi connectivity index (χ4v) is 5.49. The van der Waals surface area contributed by atoms with Crippen LogP contribution in [0, 0.1) is 17.8 Å². The van der Waals surface area contributed by atoms with Crippen molar-refractivity contribution in [3.8, 4) is 5.75 Å². The number of methoxy groups -OCH3 is 1. The Morgan fingerprint density at radius 1 is 1.14 bits per heavy atom. The van der Waals surface area contributed by atoms with E-state index in [1.54, 1.807) is 14.0 Å². The molecule has 0 unspecified atom stereocenters. The van der Waals surface area contributed by atoms with Gasteiger partial charge in [-0.05, 0) is 42.4 Å². The Bertz CT molecular complexity index is 699. The van der Waals surface area contributed by atoms with E-state index in [0.717, 1.165) is 37.5 Å². The maximum Gasteiger partial charge on any atom is 0.248 e. The van der Waals surface area contributed by atoms with E-state index in [0.29, 0.717) is 30.6 Å². The summed E-state index contributed by atoms with van der Waals surface area (Å²) >= 11 is 0. The van der Waals surface area contributed by atoms with Crippen LogP contribution in [-0.2, 0) is 4.79 Å². The molecule has 0 N–H and O–H groups in total. The van der Waals surface area contributed by atoms with Gasteiger partial charge in [0.15, 0.2) is 0 Å².